The van der Waals surface area contributed by atoms with Crippen molar-refractivity contribution in [3.8, 4) is 0 Å². The van der Waals surface area contributed by atoms with Crippen molar-refractivity contribution < 1.29 is 13.9 Å². The molecule has 4 nitrogen and oxygen atoms in total. The van der Waals surface area contributed by atoms with Crippen LogP contribution in [-0.2, 0) is 4.74 Å². The third-order valence-electron chi connectivity index (χ3n) is 2.21. The maximum Gasteiger partial charge on any atom is 0.360 e. The second-order valence-corrected chi connectivity index (χ2v) is 3.80. The molecule has 1 aliphatic carbocycles. The standard InChI is InChI=1S/C11H10ClNO3/c1-15-11(14)9-6-16-10(13-9)7-3-2-4-8(12)5-7/h3,5-6H,2,4H2,1H3. The quantitative estimate of drug-likeness (QED) is 0.745. The summed E-state index contributed by atoms with van der Waals surface area (Å²) in [6.45, 7) is 0. The van der Waals surface area contributed by atoms with Gasteiger partial charge in [0.25, 0.3) is 0 Å². The van der Waals surface area contributed by atoms with Crippen molar-refractivity contribution in [2.24, 2.45) is 0 Å². The average Bonchev–Trinajstić information content (AvgIpc) is 2.77. The van der Waals surface area contributed by atoms with Crippen molar-refractivity contribution in [3.63, 3.8) is 0 Å². The Morgan fingerprint density at radius 2 is 2.44 bits per heavy atom. The largest absolute Gasteiger partial charge is 0.464 e. The molecule has 0 unspecified atom stereocenters. The molecule has 0 spiro atoms. The molecule has 84 valence electrons. The summed E-state index contributed by atoms with van der Waals surface area (Å²) >= 11 is 5.92. The summed E-state index contributed by atoms with van der Waals surface area (Å²) in [5.74, 6) is -0.125. The Morgan fingerprint density at radius 1 is 1.62 bits per heavy atom. The molecule has 1 aliphatic rings. The Kier molecular flexibility index (Phi) is 3.10. The maximum absolute atomic E-state index is 11.2. The molecule has 0 saturated carbocycles. The van der Waals surface area contributed by atoms with Crippen LogP contribution in [-0.4, -0.2) is 18.1 Å². The SMILES string of the molecule is COC(=O)c1coc(C2=CCCC(Cl)=C2)n1. The average molecular weight is 240 g/mol. The molecule has 0 atom stereocenters. The van der Waals surface area contributed by atoms with Gasteiger partial charge in [0.2, 0.25) is 5.89 Å². The molecule has 0 aromatic carbocycles. The number of halogens is 1. The molecule has 1 aromatic rings. The van der Waals surface area contributed by atoms with E-state index in [0.717, 1.165) is 23.4 Å². The Balaban J connectivity index is 2.25. The fourth-order valence-corrected chi connectivity index (χ4v) is 1.65. The van der Waals surface area contributed by atoms with Gasteiger partial charge in [0, 0.05) is 10.6 Å². The molecule has 0 radical (unpaired) electrons. The third kappa shape index (κ3) is 2.17. The topological polar surface area (TPSA) is 52.3 Å². The van der Waals surface area contributed by atoms with Crippen LogP contribution in [0.15, 0.2) is 27.9 Å². The number of hydrogen-bond acceptors (Lipinski definition) is 4. The van der Waals surface area contributed by atoms with Crippen molar-refractivity contribution in [2.75, 3.05) is 7.11 Å². The summed E-state index contributed by atoms with van der Waals surface area (Å²) < 4.78 is 9.73. The number of nitrogens with zero attached hydrogens (tertiary/aromatic N) is 1. The van der Waals surface area contributed by atoms with Crippen molar-refractivity contribution >= 4 is 23.1 Å². The minimum atomic E-state index is -0.513. The number of carbonyl (C=O) groups is 1. The molecule has 0 N–H and O–H groups in total. The van der Waals surface area contributed by atoms with Crippen molar-refractivity contribution in [1.82, 2.24) is 4.98 Å². The number of carbonyl (C=O) groups excluding carboxylic acids is 1. The van der Waals surface area contributed by atoms with E-state index in [1.807, 2.05) is 6.08 Å². The second-order valence-electron chi connectivity index (χ2n) is 3.32. The van der Waals surface area contributed by atoms with Crippen LogP contribution in [0.4, 0.5) is 0 Å². The van der Waals surface area contributed by atoms with E-state index in [9.17, 15) is 4.79 Å². The molecule has 0 fully saturated rings. The van der Waals surface area contributed by atoms with E-state index >= 15 is 0 Å². The fraction of sp³-hybridized carbons (Fsp3) is 0.273. The molecular formula is C11H10ClNO3. The highest BCUT2D eigenvalue weighted by atomic mass is 35.5. The minimum absolute atomic E-state index is 0.161. The van der Waals surface area contributed by atoms with Crippen molar-refractivity contribution in [1.29, 1.82) is 0 Å². The molecule has 0 saturated heterocycles. The van der Waals surface area contributed by atoms with Gasteiger partial charge in [0.1, 0.15) is 6.26 Å². The van der Waals surface area contributed by atoms with Crippen LogP contribution in [0.25, 0.3) is 5.57 Å². The molecule has 1 heterocycles. The summed E-state index contributed by atoms with van der Waals surface area (Å²) in [7, 11) is 1.30. The number of hydrogen-bond donors (Lipinski definition) is 0. The summed E-state index contributed by atoms with van der Waals surface area (Å²) in [5.41, 5.74) is 0.958. The van der Waals surface area contributed by atoms with E-state index in [2.05, 4.69) is 9.72 Å². The van der Waals surface area contributed by atoms with E-state index in [4.69, 9.17) is 16.0 Å². The van der Waals surface area contributed by atoms with Crippen LogP contribution in [0.3, 0.4) is 0 Å². The fourth-order valence-electron chi connectivity index (χ4n) is 1.42. The molecule has 2 rings (SSSR count). The lowest BCUT2D eigenvalue weighted by Crippen LogP contribution is -2.01. The van der Waals surface area contributed by atoms with Crippen LogP contribution in [0, 0.1) is 0 Å². The molecule has 0 amide bonds. The molecule has 1 aromatic heterocycles. The van der Waals surface area contributed by atoms with Gasteiger partial charge >= 0.3 is 5.97 Å². The highest BCUT2D eigenvalue weighted by Gasteiger charge is 2.15. The third-order valence-corrected chi connectivity index (χ3v) is 2.50. The summed E-state index contributed by atoms with van der Waals surface area (Å²) in [6.07, 6.45) is 6.71. The first-order chi connectivity index (χ1) is 7.70. The summed E-state index contributed by atoms with van der Waals surface area (Å²) in [4.78, 5) is 15.2. The van der Waals surface area contributed by atoms with Gasteiger partial charge in [0.15, 0.2) is 5.69 Å². The first-order valence-corrected chi connectivity index (χ1v) is 5.19. The van der Waals surface area contributed by atoms with E-state index < -0.39 is 5.97 Å². The molecule has 0 bridgehead atoms. The number of ether oxygens (including phenoxy) is 1. The Bertz CT molecular complexity index is 473. The van der Waals surface area contributed by atoms with Gasteiger partial charge in [-0.05, 0) is 18.9 Å². The van der Waals surface area contributed by atoms with E-state index in [0.29, 0.717) is 5.89 Å². The van der Waals surface area contributed by atoms with Crippen LogP contribution in [0.1, 0.15) is 29.2 Å². The van der Waals surface area contributed by atoms with Gasteiger partial charge < -0.3 is 9.15 Å². The molecule has 0 aliphatic heterocycles. The first-order valence-electron chi connectivity index (χ1n) is 4.81. The normalized spacial score (nSPS) is 15.4. The van der Waals surface area contributed by atoms with Crippen LogP contribution < -0.4 is 0 Å². The first kappa shape index (κ1) is 11.0. The highest BCUT2D eigenvalue weighted by Crippen LogP contribution is 2.26. The van der Waals surface area contributed by atoms with Crippen molar-refractivity contribution in [2.45, 2.75) is 12.8 Å². The second kappa shape index (κ2) is 4.53. The van der Waals surface area contributed by atoms with Gasteiger partial charge in [-0.3, -0.25) is 0 Å². The molecule has 5 heteroatoms. The highest BCUT2D eigenvalue weighted by molar-refractivity contribution is 6.30. The van der Waals surface area contributed by atoms with Crippen LogP contribution in [0.5, 0.6) is 0 Å². The number of oxazole rings is 1. The van der Waals surface area contributed by atoms with Gasteiger partial charge in [-0.25, -0.2) is 9.78 Å². The number of esters is 1. The maximum atomic E-state index is 11.2. The molecule has 16 heavy (non-hydrogen) atoms. The van der Waals surface area contributed by atoms with Crippen LogP contribution >= 0.6 is 11.6 Å². The zero-order valence-electron chi connectivity index (χ0n) is 8.70. The van der Waals surface area contributed by atoms with E-state index in [1.165, 1.54) is 13.4 Å². The smallest absolute Gasteiger partial charge is 0.360 e. The monoisotopic (exact) mass is 239 g/mol. The van der Waals surface area contributed by atoms with Crippen molar-refractivity contribution in [3.05, 3.63) is 35.0 Å². The van der Waals surface area contributed by atoms with Gasteiger partial charge in [-0.1, -0.05) is 17.7 Å². The van der Waals surface area contributed by atoms with Gasteiger partial charge in [0.05, 0.1) is 7.11 Å². The lowest BCUT2D eigenvalue weighted by atomic mass is 10.1. The minimum Gasteiger partial charge on any atom is -0.464 e. The lowest BCUT2D eigenvalue weighted by molar-refractivity contribution is 0.0594. The number of methoxy groups -OCH3 is 1. The predicted octanol–water partition coefficient (Wildman–Crippen LogP) is 2.76. The Hall–Kier alpha value is -1.55. The zero-order valence-corrected chi connectivity index (χ0v) is 9.45. The van der Waals surface area contributed by atoms with E-state index in [1.54, 1.807) is 6.08 Å². The van der Waals surface area contributed by atoms with E-state index in [-0.39, 0.29) is 5.69 Å². The van der Waals surface area contributed by atoms with Crippen LogP contribution in [0.2, 0.25) is 0 Å². The summed E-state index contributed by atoms with van der Waals surface area (Å²) in [6, 6.07) is 0. The number of rotatable bonds is 2. The number of allylic oxidation sites excluding steroid dienone is 4. The van der Waals surface area contributed by atoms with Gasteiger partial charge in [-0.15, -0.1) is 0 Å². The predicted molar refractivity (Wildman–Crippen MR) is 59.0 cm³/mol. The van der Waals surface area contributed by atoms with Gasteiger partial charge in [-0.2, -0.15) is 0 Å². The number of aromatic nitrogens is 1. The molecular weight excluding hydrogens is 230 g/mol. The summed E-state index contributed by atoms with van der Waals surface area (Å²) in [5, 5.41) is 0.760. The lowest BCUT2D eigenvalue weighted by Gasteiger charge is -2.05. The Morgan fingerprint density at radius 3 is 3.12 bits per heavy atom. The zero-order chi connectivity index (χ0) is 11.5. The Labute approximate surface area is 97.6 Å².